The number of aryl methyl sites for hydroxylation is 1. The molecule has 114 valence electrons. The molecule has 2 aromatic rings. The largest absolute Gasteiger partial charge is 0.383 e. The Kier molecular flexibility index (Phi) is 4.94. The topological polar surface area (TPSA) is 43.8 Å². The molecule has 0 bridgehead atoms. The zero-order valence-corrected chi connectivity index (χ0v) is 12.5. The van der Waals surface area contributed by atoms with Crippen LogP contribution in [0.2, 0.25) is 0 Å². The van der Waals surface area contributed by atoms with E-state index in [4.69, 9.17) is 5.73 Å². The maximum absolute atomic E-state index is 14.0. The number of aromatic nitrogens is 2. The first-order valence-corrected chi connectivity index (χ1v) is 7.39. The van der Waals surface area contributed by atoms with Gasteiger partial charge in [-0.1, -0.05) is 26.3 Å². The minimum Gasteiger partial charge on any atom is -0.383 e. The molecule has 0 aliphatic rings. The van der Waals surface area contributed by atoms with Gasteiger partial charge in [0, 0.05) is 18.5 Å². The fourth-order valence-corrected chi connectivity index (χ4v) is 2.38. The van der Waals surface area contributed by atoms with E-state index in [1.165, 1.54) is 12.1 Å². The van der Waals surface area contributed by atoms with Gasteiger partial charge in [0.2, 0.25) is 0 Å². The highest BCUT2D eigenvalue weighted by Crippen LogP contribution is 2.30. The average molecular weight is 293 g/mol. The standard InChI is InChI=1S/C16H21F2N3/c1-3-5-10-21-13(7-4-2)20-15(16(21)19)11-8-6-9-12(17)14(11)18/h6,8-9H,3-5,7,10,19H2,1-2H3. The van der Waals surface area contributed by atoms with Crippen molar-refractivity contribution >= 4 is 5.82 Å². The first kappa shape index (κ1) is 15.5. The van der Waals surface area contributed by atoms with Crippen LogP contribution < -0.4 is 5.73 Å². The van der Waals surface area contributed by atoms with Crippen molar-refractivity contribution < 1.29 is 8.78 Å². The minimum absolute atomic E-state index is 0.125. The Hall–Kier alpha value is -1.91. The summed E-state index contributed by atoms with van der Waals surface area (Å²) >= 11 is 0. The van der Waals surface area contributed by atoms with Crippen molar-refractivity contribution in [2.75, 3.05) is 5.73 Å². The van der Waals surface area contributed by atoms with Crippen LogP contribution in [0.4, 0.5) is 14.6 Å². The van der Waals surface area contributed by atoms with Gasteiger partial charge in [-0.15, -0.1) is 0 Å². The van der Waals surface area contributed by atoms with E-state index in [0.717, 1.165) is 44.1 Å². The van der Waals surface area contributed by atoms with Crippen LogP contribution in [0.3, 0.4) is 0 Å². The molecule has 0 saturated carbocycles. The Balaban J connectivity index is 2.51. The normalized spacial score (nSPS) is 11.0. The van der Waals surface area contributed by atoms with Gasteiger partial charge in [0.05, 0.1) is 0 Å². The summed E-state index contributed by atoms with van der Waals surface area (Å²) in [5.41, 5.74) is 6.60. The van der Waals surface area contributed by atoms with E-state index in [9.17, 15) is 8.78 Å². The predicted molar refractivity (Wildman–Crippen MR) is 80.9 cm³/mol. The Morgan fingerprint density at radius 1 is 1.19 bits per heavy atom. The highest BCUT2D eigenvalue weighted by atomic mass is 19.2. The summed E-state index contributed by atoms with van der Waals surface area (Å²) in [5.74, 6) is -0.530. The lowest BCUT2D eigenvalue weighted by atomic mass is 10.1. The number of rotatable bonds is 6. The van der Waals surface area contributed by atoms with Crippen LogP contribution in [0.5, 0.6) is 0 Å². The van der Waals surface area contributed by atoms with Crippen molar-refractivity contribution in [2.45, 2.75) is 46.1 Å². The molecular weight excluding hydrogens is 272 g/mol. The predicted octanol–water partition coefficient (Wildman–Crippen LogP) is 4.16. The van der Waals surface area contributed by atoms with Gasteiger partial charge in [-0.3, -0.25) is 0 Å². The molecule has 5 heteroatoms. The summed E-state index contributed by atoms with van der Waals surface area (Å²) in [6, 6.07) is 4.07. The highest BCUT2D eigenvalue weighted by Gasteiger charge is 2.19. The van der Waals surface area contributed by atoms with Gasteiger partial charge in [-0.2, -0.15) is 0 Å². The Bertz CT molecular complexity index is 620. The fourth-order valence-electron chi connectivity index (χ4n) is 2.38. The van der Waals surface area contributed by atoms with Gasteiger partial charge >= 0.3 is 0 Å². The molecule has 0 aliphatic carbocycles. The molecule has 1 aromatic heterocycles. The number of anilines is 1. The summed E-state index contributed by atoms with van der Waals surface area (Å²) in [7, 11) is 0. The molecule has 1 heterocycles. The van der Waals surface area contributed by atoms with Gasteiger partial charge < -0.3 is 10.3 Å². The number of hydrogen-bond acceptors (Lipinski definition) is 2. The summed E-state index contributed by atoms with van der Waals surface area (Å²) in [5, 5.41) is 0. The fraction of sp³-hybridized carbons (Fsp3) is 0.438. The molecule has 0 radical (unpaired) electrons. The van der Waals surface area contributed by atoms with Crippen LogP contribution in [0.15, 0.2) is 18.2 Å². The van der Waals surface area contributed by atoms with Crippen molar-refractivity contribution in [3.63, 3.8) is 0 Å². The van der Waals surface area contributed by atoms with Crippen LogP contribution in [0.25, 0.3) is 11.3 Å². The smallest absolute Gasteiger partial charge is 0.168 e. The molecular formula is C16H21F2N3. The number of hydrogen-bond donors (Lipinski definition) is 1. The molecule has 2 rings (SSSR count). The third-order valence-corrected chi connectivity index (χ3v) is 3.50. The molecule has 21 heavy (non-hydrogen) atoms. The van der Waals surface area contributed by atoms with Gasteiger partial charge in [-0.05, 0) is 25.0 Å². The zero-order valence-electron chi connectivity index (χ0n) is 12.5. The maximum Gasteiger partial charge on any atom is 0.168 e. The third-order valence-electron chi connectivity index (χ3n) is 3.50. The number of imidazole rings is 1. The van der Waals surface area contributed by atoms with Crippen molar-refractivity contribution in [3.05, 3.63) is 35.7 Å². The second kappa shape index (κ2) is 6.70. The molecule has 0 saturated heterocycles. The molecule has 0 aliphatic heterocycles. The highest BCUT2D eigenvalue weighted by molar-refractivity contribution is 5.71. The average Bonchev–Trinajstić information content (AvgIpc) is 2.77. The quantitative estimate of drug-likeness (QED) is 0.869. The molecule has 0 unspecified atom stereocenters. The van der Waals surface area contributed by atoms with Crippen molar-refractivity contribution in [1.29, 1.82) is 0 Å². The Morgan fingerprint density at radius 2 is 1.95 bits per heavy atom. The number of nitrogens with zero attached hydrogens (tertiary/aromatic N) is 2. The monoisotopic (exact) mass is 293 g/mol. The maximum atomic E-state index is 14.0. The first-order valence-electron chi connectivity index (χ1n) is 7.39. The zero-order chi connectivity index (χ0) is 15.4. The van der Waals surface area contributed by atoms with Crippen LogP contribution in [-0.4, -0.2) is 9.55 Å². The van der Waals surface area contributed by atoms with Gasteiger partial charge in [0.15, 0.2) is 11.6 Å². The summed E-state index contributed by atoms with van der Waals surface area (Å²) in [6.45, 7) is 4.90. The minimum atomic E-state index is -0.896. The van der Waals surface area contributed by atoms with Gasteiger partial charge in [-0.25, -0.2) is 13.8 Å². The third kappa shape index (κ3) is 3.06. The summed E-state index contributed by atoms with van der Waals surface area (Å²) in [6.07, 6.45) is 3.70. The van der Waals surface area contributed by atoms with Crippen LogP contribution in [0, 0.1) is 11.6 Å². The second-order valence-electron chi connectivity index (χ2n) is 5.12. The number of halogens is 2. The molecule has 2 N–H and O–H groups in total. The van der Waals surface area contributed by atoms with E-state index in [-0.39, 0.29) is 5.56 Å². The van der Waals surface area contributed by atoms with Crippen molar-refractivity contribution in [3.8, 4) is 11.3 Å². The van der Waals surface area contributed by atoms with E-state index >= 15 is 0 Å². The number of nitrogen functional groups attached to an aromatic ring is 1. The lowest BCUT2D eigenvalue weighted by Gasteiger charge is -2.08. The molecule has 0 atom stereocenters. The Morgan fingerprint density at radius 3 is 2.62 bits per heavy atom. The van der Waals surface area contributed by atoms with E-state index in [1.807, 2.05) is 4.57 Å². The Labute approximate surface area is 123 Å². The van der Waals surface area contributed by atoms with E-state index in [2.05, 4.69) is 18.8 Å². The van der Waals surface area contributed by atoms with Gasteiger partial charge in [0.25, 0.3) is 0 Å². The van der Waals surface area contributed by atoms with E-state index < -0.39 is 11.6 Å². The lowest BCUT2D eigenvalue weighted by Crippen LogP contribution is -2.07. The molecule has 1 aromatic carbocycles. The number of benzene rings is 1. The van der Waals surface area contributed by atoms with Gasteiger partial charge in [0.1, 0.15) is 17.3 Å². The lowest BCUT2D eigenvalue weighted by molar-refractivity contribution is 0.511. The van der Waals surface area contributed by atoms with Crippen LogP contribution in [0.1, 0.15) is 38.9 Å². The van der Waals surface area contributed by atoms with E-state index in [0.29, 0.717) is 11.5 Å². The van der Waals surface area contributed by atoms with Crippen LogP contribution in [-0.2, 0) is 13.0 Å². The second-order valence-corrected chi connectivity index (χ2v) is 5.12. The number of unbranched alkanes of at least 4 members (excludes halogenated alkanes) is 1. The van der Waals surface area contributed by atoms with E-state index in [1.54, 1.807) is 0 Å². The number of nitrogens with two attached hydrogens (primary N) is 1. The molecule has 0 fully saturated rings. The van der Waals surface area contributed by atoms with Crippen molar-refractivity contribution in [1.82, 2.24) is 9.55 Å². The summed E-state index contributed by atoms with van der Waals surface area (Å²) < 4.78 is 29.3. The molecule has 0 spiro atoms. The SMILES string of the molecule is CCCCn1c(CCC)nc(-c2cccc(F)c2F)c1N. The first-order chi connectivity index (χ1) is 10.1. The molecule has 0 amide bonds. The summed E-state index contributed by atoms with van der Waals surface area (Å²) in [4.78, 5) is 4.46. The van der Waals surface area contributed by atoms with Crippen molar-refractivity contribution in [2.24, 2.45) is 0 Å². The van der Waals surface area contributed by atoms with Crippen LogP contribution >= 0.6 is 0 Å². The molecule has 3 nitrogen and oxygen atoms in total.